The van der Waals surface area contributed by atoms with Gasteiger partial charge in [-0.3, -0.25) is 19.2 Å². The lowest BCUT2D eigenvalue weighted by molar-refractivity contribution is -0.347. The van der Waals surface area contributed by atoms with E-state index in [0.717, 1.165) is 68.9 Å². The molecule has 2 amide bonds. The van der Waals surface area contributed by atoms with Gasteiger partial charge >= 0.3 is 11.9 Å². The fourth-order valence-electron chi connectivity index (χ4n) is 12.3. The van der Waals surface area contributed by atoms with Gasteiger partial charge in [0.25, 0.3) is 0 Å². The van der Waals surface area contributed by atoms with Gasteiger partial charge in [0.05, 0.1) is 19.4 Å². The minimum Gasteiger partial charge on any atom is -0.462 e. The molecule has 542 valence electrons. The van der Waals surface area contributed by atoms with E-state index in [0.29, 0.717) is 19.3 Å². The lowest BCUT2D eigenvalue weighted by Crippen LogP contribution is -2.63. The predicted molar refractivity (Wildman–Crippen MR) is 365 cm³/mol. The summed E-state index contributed by atoms with van der Waals surface area (Å²) in [5.41, 5.74) is 0. The molecule has 12 atom stereocenters. The number of hydrogen-bond acceptors (Lipinski definition) is 19. The van der Waals surface area contributed by atoms with Gasteiger partial charge in [0.2, 0.25) is 11.8 Å². The zero-order chi connectivity index (χ0) is 67.5. The van der Waals surface area contributed by atoms with Gasteiger partial charge in [-0.1, -0.05) is 276 Å². The summed E-state index contributed by atoms with van der Waals surface area (Å²) in [5.74, 6) is -1.63. The van der Waals surface area contributed by atoms with Gasteiger partial charge in [0.1, 0.15) is 67.6 Å². The number of ether oxygens (including phenoxy) is 5. The number of carbonyl (C=O) groups is 4. The third-order valence-corrected chi connectivity index (χ3v) is 19.4. The van der Waals surface area contributed by atoms with Crippen LogP contribution in [0, 0.1) is 0 Å². The number of nitrogens with one attached hydrogen (secondary N) is 2. The van der Waals surface area contributed by atoms with Crippen LogP contribution in [0.2, 0.25) is 0 Å². The van der Waals surface area contributed by atoms with Crippen molar-refractivity contribution in [1.82, 2.24) is 20.3 Å². The summed E-state index contributed by atoms with van der Waals surface area (Å²) in [6.45, 7) is 5.06. The van der Waals surface area contributed by atoms with Crippen LogP contribution in [-0.2, 0) is 42.9 Å². The summed E-state index contributed by atoms with van der Waals surface area (Å²) in [6.07, 6.45) is 34.6. The number of esters is 2. The first kappa shape index (κ1) is 84.2. The predicted octanol–water partition coefficient (Wildman–Crippen LogP) is 12.3. The van der Waals surface area contributed by atoms with Gasteiger partial charge in [-0.05, 0) is 19.3 Å². The SMILES string of the molecule is CCCCCCCCCCCCCCCCC(=O)N[C@H](CSC[C@@H](COC(=O)CCCCCCCCCCCCCCCC)OC(=O)CCCCCCCCCCCCCCCC)C(=O)Nc1cn([C@@H]2OC(CO)C(OC3OC(CO)C(O)C(O)C3O)C(O)C2O)nn1. The number of carbonyl (C=O) groups excluding carboxylic acids is 4. The van der Waals surface area contributed by atoms with Crippen molar-refractivity contribution in [1.29, 1.82) is 0 Å². The van der Waals surface area contributed by atoms with Crippen molar-refractivity contribution < 1.29 is 78.6 Å². The highest BCUT2D eigenvalue weighted by atomic mass is 32.2. The third kappa shape index (κ3) is 38.1. The molecule has 0 aliphatic carbocycles. The van der Waals surface area contributed by atoms with Crippen LogP contribution in [0.4, 0.5) is 5.82 Å². The van der Waals surface area contributed by atoms with E-state index in [9.17, 15) is 54.9 Å². The number of thioether (sulfide) groups is 1. The molecule has 21 nitrogen and oxygen atoms in total. The van der Waals surface area contributed by atoms with Crippen LogP contribution >= 0.6 is 11.8 Å². The maximum Gasteiger partial charge on any atom is 0.306 e. The number of aliphatic hydroxyl groups is 7. The Labute approximate surface area is 563 Å². The molecule has 2 aliphatic rings. The van der Waals surface area contributed by atoms with Crippen LogP contribution in [0.5, 0.6) is 0 Å². The van der Waals surface area contributed by atoms with Gasteiger partial charge in [-0.15, -0.1) is 5.10 Å². The van der Waals surface area contributed by atoms with Crippen molar-refractivity contribution in [2.75, 3.05) is 36.6 Å². The van der Waals surface area contributed by atoms with Gasteiger partial charge < -0.3 is 70.1 Å². The Kier molecular flexibility index (Phi) is 49.7. The quantitative estimate of drug-likeness (QED) is 0.0216. The monoisotopic (exact) mass is 1340 g/mol. The second kappa shape index (κ2) is 54.9. The zero-order valence-corrected chi connectivity index (χ0v) is 58.7. The summed E-state index contributed by atoms with van der Waals surface area (Å²) >= 11 is 1.26. The molecule has 0 aromatic carbocycles. The molecule has 0 spiro atoms. The van der Waals surface area contributed by atoms with Crippen molar-refractivity contribution in [3.63, 3.8) is 0 Å². The third-order valence-electron chi connectivity index (χ3n) is 18.2. The number of hydrogen-bond donors (Lipinski definition) is 9. The normalized spacial score (nSPS) is 22.2. The average Bonchev–Trinajstić information content (AvgIpc) is 1.73. The molecule has 2 fully saturated rings. The van der Waals surface area contributed by atoms with Crippen LogP contribution in [0.15, 0.2) is 6.20 Å². The molecule has 1 aromatic rings. The molecular formula is C71H131N5O16S. The Morgan fingerprint density at radius 1 is 0.505 bits per heavy atom. The summed E-state index contributed by atoms with van der Waals surface area (Å²) in [4.78, 5) is 54.4. The smallest absolute Gasteiger partial charge is 0.306 e. The van der Waals surface area contributed by atoms with E-state index in [1.807, 2.05) is 0 Å². The topological polar surface area (TPSA) is 311 Å². The van der Waals surface area contributed by atoms with E-state index >= 15 is 0 Å². The minimum atomic E-state index is -1.84. The molecule has 1 aromatic heterocycles. The number of aliphatic hydroxyl groups excluding tert-OH is 7. The Bertz CT molecular complexity index is 2010. The van der Waals surface area contributed by atoms with Gasteiger partial charge in [-0.25, -0.2) is 4.68 Å². The Hall–Kier alpha value is -3.03. The summed E-state index contributed by atoms with van der Waals surface area (Å²) in [7, 11) is 0. The van der Waals surface area contributed by atoms with Crippen LogP contribution < -0.4 is 10.6 Å². The minimum absolute atomic E-state index is 0.0368. The van der Waals surface area contributed by atoms with E-state index in [1.165, 1.54) is 204 Å². The Morgan fingerprint density at radius 3 is 1.37 bits per heavy atom. The molecule has 0 radical (unpaired) electrons. The maximum absolute atomic E-state index is 14.2. The summed E-state index contributed by atoms with van der Waals surface area (Å²) in [6, 6.07) is -1.12. The van der Waals surface area contributed by atoms with Crippen molar-refractivity contribution in [3.8, 4) is 0 Å². The summed E-state index contributed by atoms with van der Waals surface area (Å²) in [5, 5.41) is 87.3. The Balaban J connectivity index is 1.63. The molecule has 3 rings (SSSR count). The molecule has 3 heterocycles. The first-order valence-electron chi connectivity index (χ1n) is 37.3. The van der Waals surface area contributed by atoms with Gasteiger partial charge in [0, 0.05) is 30.8 Å². The standard InChI is InChI=1S/C71H131N5O16S/c1-4-7-10-13-16-19-22-25-28-31-34-37-40-43-46-60(79)72-56(69(87)73-59-49-76(75-74-59)70-66(85)65(84)68(58(51-78)90-70)92-71-67(86)64(83)63(82)57(50-77)91-71)54-93-53-55(89-62(81)48-45-42-39-36-33-30-27-24-21-18-15-12-9-6-3)52-88-61(80)47-44-41-38-35-32-29-26-23-20-17-14-11-8-5-2/h49,55-58,63-68,70-71,77-78,82-86H,4-48,50-54H2,1-3H3,(H,72,79)(H,73,87)/t55-,56-,57?,58?,63?,64?,65?,66?,67?,68?,70-,71?/m1/s1. The van der Waals surface area contributed by atoms with Crippen molar-refractivity contribution in [3.05, 3.63) is 6.20 Å². The van der Waals surface area contributed by atoms with Crippen molar-refractivity contribution in [2.24, 2.45) is 0 Å². The van der Waals surface area contributed by atoms with Crippen LogP contribution in [0.3, 0.4) is 0 Å². The number of nitrogens with zero attached hydrogens (tertiary/aromatic N) is 3. The number of anilines is 1. The largest absolute Gasteiger partial charge is 0.462 e. The van der Waals surface area contributed by atoms with Crippen LogP contribution in [0.25, 0.3) is 0 Å². The second-order valence-corrected chi connectivity index (χ2v) is 27.7. The zero-order valence-electron chi connectivity index (χ0n) is 57.9. The highest BCUT2D eigenvalue weighted by Crippen LogP contribution is 2.33. The van der Waals surface area contributed by atoms with E-state index in [4.69, 9.17) is 23.7 Å². The average molecular weight is 1340 g/mol. The lowest BCUT2D eigenvalue weighted by atomic mass is 9.96. The number of aromatic nitrogens is 3. The number of amides is 2. The van der Waals surface area contributed by atoms with E-state index in [2.05, 4.69) is 41.7 Å². The first-order valence-corrected chi connectivity index (χ1v) is 38.5. The molecule has 9 N–H and O–H groups in total. The second-order valence-electron chi connectivity index (χ2n) is 26.6. The lowest BCUT2D eigenvalue weighted by Gasteiger charge is -2.45. The van der Waals surface area contributed by atoms with Crippen LogP contribution in [0.1, 0.15) is 316 Å². The molecule has 9 unspecified atom stereocenters. The molecule has 2 aliphatic heterocycles. The molecule has 22 heteroatoms. The van der Waals surface area contributed by atoms with E-state index in [1.54, 1.807) is 0 Å². The Morgan fingerprint density at radius 2 is 0.925 bits per heavy atom. The van der Waals surface area contributed by atoms with Crippen LogP contribution in [-0.4, -0.2) is 173 Å². The molecule has 93 heavy (non-hydrogen) atoms. The molecule has 0 saturated carbocycles. The van der Waals surface area contributed by atoms with Gasteiger partial charge in [0.15, 0.2) is 18.3 Å². The molecule has 0 bridgehead atoms. The first-order chi connectivity index (χ1) is 45.3. The molecule has 2 saturated heterocycles. The molecular weight excluding hydrogens is 1210 g/mol. The number of rotatable bonds is 60. The van der Waals surface area contributed by atoms with Crippen molar-refractivity contribution in [2.45, 2.75) is 383 Å². The maximum atomic E-state index is 14.2. The highest BCUT2D eigenvalue weighted by molar-refractivity contribution is 7.99. The van der Waals surface area contributed by atoms with Gasteiger partial charge in [-0.2, -0.15) is 11.8 Å². The fourth-order valence-corrected chi connectivity index (χ4v) is 13.3. The van der Waals surface area contributed by atoms with E-state index < -0.39 is 92.6 Å². The number of unbranched alkanes of at least 4 members (excludes halogenated alkanes) is 39. The highest BCUT2D eigenvalue weighted by Gasteiger charge is 2.51. The van der Waals surface area contributed by atoms with E-state index in [-0.39, 0.29) is 61.0 Å². The van der Waals surface area contributed by atoms with Crippen molar-refractivity contribution >= 4 is 41.3 Å². The summed E-state index contributed by atoms with van der Waals surface area (Å²) < 4.78 is 29.8. The fraction of sp³-hybridized carbons (Fsp3) is 0.915.